The summed E-state index contributed by atoms with van der Waals surface area (Å²) in [5, 5.41) is 11.4. The lowest BCUT2D eigenvalue weighted by atomic mass is 10.0. The lowest BCUT2D eigenvalue weighted by Gasteiger charge is -2.03. The summed E-state index contributed by atoms with van der Waals surface area (Å²) >= 11 is 0. The van der Waals surface area contributed by atoms with Gasteiger partial charge < -0.3 is 5.11 Å². The molecule has 0 atom stereocenters. The van der Waals surface area contributed by atoms with Gasteiger partial charge >= 0.3 is 6.09 Å². The van der Waals surface area contributed by atoms with E-state index >= 15 is 0 Å². The molecule has 1 heterocycles. The molecule has 0 aliphatic heterocycles. The molecule has 18 heavy (non-hydrogen) atoms. The molecule has 0 radical (unpaired) electrons. The van der Waals surface area contributed by atoms with Gasteiger partial charge in [0.2, 0.25) is 0 Å². The number of hydrogen-bond acceptors (Lipinski definition) is 1. The second kappa shape index (κ2) is 3.60. The van der Waals surface area contributed by atoms with Crippen LogP contribution in [0.2, 0.25) is 0 Å². The lowest BCUT2D eigenvalue weighted by molar-refractivity contribution is 0.198. The van der Waals surface area contributed by atoms with Crippen molar-refractivity contribution in [2.24, 2.45) is 0 Å². The van der Waals surface area contributed by atoms with Crippen LogP contribution in [0.15, 0.2) is 36.4 Å². The van der Waals surface area contributed by atoms with Crippen molar-refractivity contribution in [3.63, 3.8) is 0 Å². The van der Waals surface area contributed by atoms with Gasteiger partial charge in [-0.2, -0.15) is 0 Å². The highest BCUT2D eigenvalue weighted by Crippen LogP contribution is 2.32. The molecule has 2 aromatic carbocycles. The Morgan fingerprint density at radius 2 is 1.78 bits per heavy atom. The minimum Gasteiger partial charge on any atom is -0.464 e. The van der Waals surface area contributed by atoms with Gasteiger partial charge in [-0.3, -0.25) is 0 Å². The highest BCUT2D eigenvalue weighted by molar-refractivity contribution is 6.13. The van der Waals surface area contributed by atoms with E-state index in [1.807, 2.05) is 50.2 Å². The van der Waals surface area contributed by atoms with Crippen LogP contribution < -0.4 is 0 Å². The Kier molecular flexibility index (Phi) is 2.17. The minimum absolute atomic E-state index is 0.744. The van der Waals surface area contributed by atoms with Gasteiger partial charge in [-0.1, -0.05) is 24.3 Å². The first-order valence-electron chi connectivity index (χ1n) is 5.84. The quantitative estimate of drug-likeness (QED) is 0.645. The molecule has 1 aromatic heterocycles. The maximum Gasteiger partial charge on any atom is 0.416 e. The van der Waals surface area contributed by atoms with E-state index in [9.17, 15) is 9.90 Å². The van der Waals surface area contributed by atoms with Crippen LogP contribution >= 0.6 is 0 Å². The highest BCUT2D eigenvalue weighted by Gasteiger charge is 2.16. The van der Waals surface area contributed by atoms with Gasteiger partial charge in [0, 0.05) is 10.8 Å². The van der Waals surface area contributed by atoms with E-state index in [0.29, 0.717) is 0 Å². The molecule has 1 N–H and O–H groups in total. The molecule has 0 saturated heterocycles. The molecule has 90 valence electrons. The van der Waals surface area contributed by atoms with Crippen molar-refractivity contribution >= 4 is 27.9 Å². The molecular formula is C15H13NO2. The van der Waals surface area contributed by atoms with E-state index in [4.69, 9.17) is 0 Å². The molecule has 0 amide bonds. The predicted molar refractivity (Wildman–Crippen MR) is 72.3 cm³/mol. The third-order valence-corrected chi connectivity index (χ3v) is 3.56. The summed E-state index contributed by atoms with van der Waals surface area (Å²) in [5.41, 5.74) is 3.82. The molecular weight excluding hydrogens is 226 g/mol. The first-order chi connectivity index (χ1) is 8.61. The van der Waals surface area contributed by atoms with Crippen molar-refractivity contribution in [2.45, 2.75) is 13.8 Å². The fourth-order valence-electron chi connectivity index (χ4n) is 2.54. The number of fused-ring (bicyclic) bond motifs is 3. The molecule has 0 unspecified atom stereocenters. The van der Waals surface area contributed by atoms with E-state index in [1.54, 1.807) is 0 Å². The molecule has 0 spiro atoms. The predicted octanol–water partition coefficient (Wildman–Crippen LogP) is 3.94. The number of benzene rings is 2. The monoisotopic (exact) mass is 239 g/mol. The summed E-state index contributed by atoms with van der Waals surface area (Å²) in [7, 11) is 0. The third-order valence-electron chi connectivity index (χ3n) is 3.56. The Balaban J connectivity index is 2.67. The zero-order valence-electron chi connectivity index (χ0n) is 10.3. The second-order valence-electron chi connectivity index (χ2n) is 4.54. The van der Waals surface area contributed by atoms with Crippen LogP contribution in [-0.4, -0.2) is 15.8 Å². The Hall–Kier alpha value is -2.29. The number of carbonyl (C=O) groups is 1. The van der Waals surface area contributed by atoms with E-state index in [1.165, 1.54) is 10.1 Å². The van der Waals surface area contributed by atoms with Crippen molar-refractivity contribution < 1.29 is 9.90 Å². The Bertz CT molecular complexity index is 784. The zero-order valence-corrected chi connectivity index (χ0v) is 10.3. The fraction of sp³-hybridized carbons (Fsp3) is 0.133. The van der Waals surface area contributed by atoms with E-state index < -0.39 is 6.09 Å². The molecule has 0 aliphatic rings. The summed E-state index contributed by atoms with van der Waals surface area (Å²) in [5.74, 6) is 0. The van der Waals surface area contributed by atoms with Gasteiger partial charge in [0.25, 0.3) is 0 Å². The fourth-order valence-corrected chi connectivity index (χ4v) is 2.54. The standard InChI is InChI=1S/C15H13NO2/c1-9-7-8-13-14(10(9)2)11-5-3-4-6-12(11)16(13)15(17)18/h3-8H,1-2H3,(H,17,18). The van der Waals surface area contributed by atoms with Crippen LogP contribution in [-0.2, 0) is 0 Å². The Morgan fingerprint density at radius 3 is 2.50 bits per heavy atom. The van der Waals surface area contributed by atoms with Gasteiger partial charge in [0.1, 0.15) is 0 Å². The normalized spacial score (nSPS) is 11.2. The second-order valence-corrected chi connectivity index (χ2v) is 4.54. The highest BCUT2D eigenvalue weighted by atomic mass is 16.4. The number of para-hydroxylation sites is 1. The zero-order chi connectivity index (χ0) is 12.9. The molecule has 0 fully saturated rings. The number of hydrogen-bond donors (Lipinski definition) is 1. The lowest BCUT2D eigenvalue weighted by Crippen LogP contribution is -2.06. The smallest absolute Gasteiger partial charge is 0.416 e. The van der Waals surface area contributed by atoms with Crippen LogP contribution in [0.4, 0.5) is 4.79 Å². The van der Waals surface area contributed by atoms with Gasteiger partial charge in [-0.05, 0) is 37.1 Å². The van der Waals surface area contributed by atoms with Crippen molar-refractivity contribution in [2.75, 3.05) is 0 Å². The first-order valence-corrected chi connectivity index (χ1v) is 5.84. The first kappa shape index (κ1) is 10.8. The van der Waals surface area contributed by atoms with Gasteiger partial charge in [-0.25, -0.2) is 9.36 Å². The molecule has 0 bridgehead atoms. The number of nitrogens with zero attached hydrogens (tertiary/aromatic N) is 1. The summed E-state index contributed by atoms with van der Waals surface area (Å²) in [6, 6.07) is 11.5. The van der Waals surface area contributed by atoms with E-state index in [2.05, 4.69) is 0 Å². The maximum absolute atomic E-state index is 11.4. The van der Waals surface area contributed by atoms with Crippen molar-refractivity contribution in [1.29, 1.82) is 0 Å². The van der Waals surface area contributed by atoms with Crippen LogP contribution in [0.1, 0.15) is 11.1 Å². The van der Waals surface area contributed by atoms with Crippen molar-refractivity contribution in [3.05, 3.63) is 47.5 Å². The third kappa shape index (κ3) is 1.27. The van der Waals surface area contributed by atoms with Crippen LogP contribution in [0, 0.1) is 13.8 Å². The number of rotatable bonds is 0. The molecule has 3 rings (SSSR count). The van der Waals surface area contributed by atoms with Crippen LogP contribution in [0.5, 0.6) is 0 Å². The average molecular weight is 239 g/mol. The largest absolute Gasteiger partial charge is 0.464 e. The molecule has 3 nitrogen and oxygen atoms in total. The van der Waals surface area contributed by atoms with E-state index in [-0.39, 0.29) is 0 Å². The summed E-state index contributed by atoms with van der Waals surface area (Å²) < 4.78 is 1.36. The summed E-state index contributed by atoms with van der Waals surface area (Å²) in [4.78, 5) is 11.4. The average Bonchev–Trinajstić information content (AvgIpc) is 2.68. The topological polar surface area (TPSA) is 42.2 Å². The Morgan fingerprint density at radius 1 is 1.06 bits per heavy atom. The molecule has 0 aliphatic carbocycles. The molecule has 0 saturated carbocycles. The number of aromatic nitrogens is 1. The van der Waals surface area contributed by atoms with E-state index in [0.717, 1.165) is 27.4 Å². The Labute approximate surface area is 104 Å². The van der Waals surface area contributed by atoms with Crippen LogP contribution in [0.25, 0.3) is 21.8 Å². The number of carboxylic acid groups (broad SMARTS) is 1. The van der Waals surface area contributed by atoms with Crippen LogP contribution in [0.3, 0.4) is 0 Å². The molecule has 3 aromatic rings. The van der Waals surface area contributed by atoms with Gasteiger partial charge in [0.05, 0.1) is 11.0 Å². The summed E-state index contributed by atoms with van der Waals surface area (Å²) in [6.45, 7) is 4.08. The minimum atomic E-state index is -0.940. The summed E-state index contributed by atoms with van der Waals surface area (Å²) in [6.07, 6.45) is -0.940. The number of aryl methyl sites for hydroxylation is 2. The SMILES string of the molecule is Cc1ccc2c(c1C)c1ccccc1n2C(=O)O. The van der Waals surface area contributed by atoms with Crippen molar-refractivity contribution in [3.8, 4) is 0 Å². The van der Waals surface area contributed by atoms with Gasteiger partial charge in [-0.15, -0.1) is 0 Å². The van der Waals surface area contributed by atoms with Gasteiger partial charge in [0.15, 0.2) is 0 Å². The molecule has 3 heteroatoms. The maximum atomic E-state index is 11.4. The van der Waals surface area contributed by atoms with Crippen molar-refractivity contribution in [1.82, 2.24) is 4.57 Å².